The number of rotatable bonds is 7. The van der Waals surface area contributed by atoms with Crippen LogP contribution in [0.1, 0.15) is 21.6 Å². The van der Waals surface area contributed by atoms with Crippen LogP contribution in [0.3, 0.4) is 0 Å². The molecule has 0 radical (unpaired) electrons. The first-order chi connectivity index (χ1) is 14.0. The highest BCUT2D eigenvalue weighted by atomic mass is 16.6. The third kappa shape index (κ3) is 6.06. The Bertz CT molecular complexity index is 910. The van der Waals surface area contributed by atoms with E-state index in [2.05, 4.69) is 19.8 Å². The summed E-state index contributed by atoms with van der Waals surface area (Å²) < 4.78 is 19.5. The van der Waals surface area contributed by atoms with Gasteiger partial charge in [0.15, 0.2) is 5.69 Å². The van der Waals surface area contributed by atoms with E-state index in [0.29, 0.717) is 5.56 Å². The summed E-state index contributed by atoms with van der Waals surface area (Å²) in [7, 11) is 3.74. The number of ether oxygens (including phenoxy) is 4. The molecular weight excluding hydrogens is 380 g/mol. The summed E-state index contributed by atoms with van der Waals surface area (Å²) in [5.41, 5.74) is 0.937. The van der Waals surface area contributed by atoms with Crippen LogP contribution in [0.2, 0.25) is 0 Å². The molecule has 9 heteroatoms. The Balaban J connectivity index is 2.20. The molecule has 1 heterocycles. The second kappa shape index (κ2) is 10.5. The summed E-state index contributed by atoms with van der Waals surface area (Å²) in [6.45, 7) is 0.0276. The second-order valence-corrected chi connectivity index (χ2v) is 5.52. The van der Waals surface area contributed by atoms with Crippen molar-refractivity contribution in [2.45, 2.75) is 6.61 Å². The van der Waals surface area contributed by atoms with E-state index in [0.717, 1.165) is 5.56 Å². The fourth-order valence-corrected chi connectivity index (χ4v) is 2.22. The minimum Gasteiger partial charge on any atom is -0.481 e. The molecule has 0 saturated carbocycles. The third-order valence-electron chi connectivity index (χ3n) is 3.63. The summed E-state index contributed by atoms with van der Waals surface area (Å²) in [5, 5.41) is 2.34. The van der Waals surface area contributed by atoms with Gasteiger partial charge in [-0.3, -0.25) is 5.32 Å². The van der Waals surface area contributed by atoms with E-state index in [-0.39, 0.29) is 23.9 Å². The van der Waals surface area contributed by atoms with Crippen LogP contribution >= 0.6 is 0 Å². The van der Waals surface area contributed by atoms with E-state index in [4.69, 9.17) is 9.47 Å². The first-order valence-electron chi connectivity index (χ1n) is 8.39. The molecule has 0 unspecified atom stereocenters. The number of pyridine rings is 1. The summed E-state index contributed by atoms with van der Waals surface area (Å²) in [4.78, 5) is 39.8. The van der Waals surface area contributed by atoms with Gasteiger partial charge in [-0.15, -0.1) is 0 Å². The highest BCUT2D eigenvalue weighted by molar-refractivity contribution is 5.97. The molecule has 1 aromatic carbocycles. The van der Waals surface area contributed by atoms with Gasteiger partial charge in [-0.05, 0) is 23.8 Å². The van der Waals surface area contributed by atoms with E-state index < -0.39 is 18.0 Å². The van der Waals surface area contributed by atoms with Crippen LogP contribution in [0.15, 0.2) is 48.2 Å². The monoisotopic (exact) mass is 400 g/mol. The van der Waals surface area contributed by atoms with Crippen molar-refractivity contribution in [3.05, 3.63) is 65.0 Å². The van der Waals surface area contributed by atoms with Crippen molar-refractivity contribution in [3.63, 3.8) is 0 Å². The van der Waals surface area contributed by atoms with Crippen molar-refractivity contribution >= 4 is 24.1 Å². The maximum atomic E-state index is 12.1. The van der Waals surface area contributed by atoms with E-state index in [1.165, 1.54) is 39.5 Å². The van der Waals surface area contributed by atoms with Crippen LogP contribution in [-0.2, 0) is 25.6 Å². The van der Waals surface area contributed by atoms with Gasteiger partial charge in [0.2, 0.25) is 5.88 Å². The van der Waals surface area contributed by atoms with Crippen molar-refractivity contribution in [1.82, 2.24) is 10.3 Å². The molecule has 0 bridgehead atoms. The van der Waals surface area contributed by atoms with Gasteiger partial charge in [0.25, 0.3) is 0 Å². The molecule has 0 aliphatic heterocycles. The zero-order valence-corrected chi connectivity index (χ0v) is 16.1. The van der Waals surface area contributed by atoms with Gasteiger partial charge < -0.3 is 18.9 Å². The number of nitrogens with one attached hydrogen (secondary N) is 1. The molecule has 0 aliphatic carbocycles. The van der Waals surface area contributed by atoms with Crippen LogP contribution in [0.5, 0.6) is 5.88 Å². The van der Waals surface area contributed by atoms with Crippen LogP contribution < -0.4 is 10.1 Å². The van der Waals surface area contributed by atoms with Crippen LogP contribution in [-0.4, -0.2) is 44.3 Å². The van der Waals surface area contributed by atoms with Crippen molar-refractivity contribution in [3.8, 4) is 5.88 Å². The number of hydrogen-bond donors (Lipinski definition) is 1. The summed E-state index contributed by atoms with van der Waals surface area (Å²) in [6, 6.07) is 11.9. The van der Waals surface area contributed by atoms with Gasteiger partial charge in [-0.1, -0.05) is 30.3 Å². The number of aromatic nitrogens is 1. The molecule has 0 spiro atoms. The van der Waals surface area contributed by atoms with E-state index >= 15 is 0 Å². The Kier molecular flexibility index (Phi) is 7.72. The lowest BCUT2D eigenvalue weighted by molar-refractivity contribution is -0.136. The maximum Gasteiger partial charge on any atom is 0.412 e. The minimum atomic E-state index is -0.844. The molecule has 9 nitrogen and oxygen atoms in total. The van der Waals surface area contributed by atoms with Crippen molar-refractivity contribution in [2.75, 3.05) is 21.3 Å². The van der Waals surface area contributed by atoms with E-state index in [1.54, 1.807) is 12.1 Å². The fourth-order valence-electron chi connectivity index (χ4n) is 2.22. The normalized spacial score (nSPS) is 10.7. The average molecular weight is 400 g/mol. The van der Waals surface area contributed by atoms with Gasteiger partial charge in [-0.25, -0.2) is 19.4 Å². The molecule has 0 saturated heterocycles. The largest absolute Gasteiger partial charge is 0.481 e. The van der Waals surface area contributed by atoms with Crippen LogP contribution in [0, 0.1) is 0 Å². The molecule has 0 aliphatic rings. The molecule has 2 aromatic rings. The third-order valence-corrected chi connectivity index (χ3v) is 3.63. The van der Waals surface area contributed by atoms with E-state index in [1.807, 2.05) is 18.2 Å². The molecule has 0 fully saturated rings. The van der Waals surface area contributed by atoms with Crippen molar-refractivity contribution in [2.24, 2.45) is 0 Å². The zero-order valence-electron chi connectivity index (χ0n) is 16.1. The number of benzene rings is 1. The molecule has 1 aromatic heterocycles. The Morgan fingerprint density at radius 2 is 1.72 bits per heavy atom. The summed E-state index contributed by atoms with van der Waals surface area (Å²) in [6.07, 6.45) is 0.450. The Morgan fingerprint density at radius 3 is 2.34 bits per heavy atom. The number of nitrogens with zero attached hydrogens (tertiary/aromatic N) is 1. The zero-order chi connectivity index (χ0) is 21.2. The van der Waals surface area contributed by atoms with Gasteiger partial charge >= 0.3 is 18.0 Å². The van der Waals surface area contributed by atoms with E-state index in [9.17, 15) is 14.4 Å². The Hall–Kier alpha value is -3.88. The lowest BCUT2D eigenvalue weighted by Crippen LogP contribution is -2.28. The smallest absolute Gasteiger partial charge is 0.412 e. The first-order valence-corrected chi connectivity index (χ1v) is 8.39. The standard InChI is InChI=1S/C20H20N2O7/c1-26-17-14(9-10-15(21-17)18(23)27-2)11-16(19(24)28-3)22-20(25)29-12-13-7-5-4-6-8-13/h4-11H,12H2,1-3H3,(H,22,25)/b16-11-. The van der Waals surface area contributed by atoms with Crippen molar-refractivity contribution < 1.29 is 33.3 Å². The number of amides is 1. The first kappa shape index (κ1) is 21.4. The summed E-state index contributed by atoms with van der Waals surface area (Å²) in [5.74, 6) is -1.40. The highest BCUT2D eigenvalue weighted by Crippen LogP contribution is 2.19. The van der Waals surface area contributed by atoms with Crippen LogP contribution in [0.4, 0.5) is 4.79 Å². The highest BCUT2D eigenvalue weighted by Gasteiger charge is 2.17. The van der Waals surface area contributed by atoms with Crippen LogP contribution in [0.25, 0.3) is 6.08 Å². The molecule has 1 N–H and O–H groups in total. The Labute approximate surface area is 167 Å². The SMILES string of the molecule is COC(=O)/C(=C/c1ccc(C(=O)OC)nc1OC)NC(=O)OCc1ccccc1. The fraction of sp³-hybridized carbons (Fsp3) is 0.200. The lowest BCUT2D eigenvalue weighted by Gasteiger charge is -2.11. The van der Waals surface area contributed by atoms with Gasteiger partial charge in [0.05, 0.1) is 21.3 Å². The molecule has 2 rings (SSSR count). The number of alkyl carbamates (subject to hydrolysis) is 1. The topological polar surface area (TPSA) is 113 Å². The van der Waals surface area contributed by atoms with Crippen molar-refractivity contribution in [1.29, 1.82) is 0 Å². The van der Waals surface area contributed by atoms with Gasteiger partial charge in [0.1, 0.15) is 12.3 Å². The molecular formula is C20H20N2O7. The van der Waals surface area contributed by atoms with Gasteiger partial charge in [0, 0.05) is 5.56 Å². The second-order valence-electron chi connectivity index (χ2n) is 5.52. The number of esters is 2. The van der Waals surface area contributed by atoms with Gasteiger partial charge in [-0.2, -0.15) is 0 Å². The number of hydrogen-bond acceptors (Lipinski definition) is 8. The lowest BCUT2D eigenvalue weighted by atomic mass is 10.2. The average Bonchev–Trinajstić information content (AvgIpc) is 2.76. The number of carbonyl (C=O) groups excluding carboxylic acids is 3. The maximum absolute atomic E-state index is 12.1. The number of methoxy groups -OCH3 is 3. The molecule has 1 amide bonds. The Morgan fingerprint density at radius 1 is 1.00 bits per heavy atom. The molecule has 152 valence electrons. The molecule has 29 heavy (non-hydrogen) atoms. The predicted octanol–water partition coefficient (Wildman–Crippen LogP) is 2.32. The minimum absolute atomic E-state index is 0.0244. The summed E-state index contributed by atoms with van der Waals surface area (Å²) >= 11 is 0. The quantitative estimate of drug-likeness (QED) is 0.428. The molecule has 0 atom stereocenters. The predicted molar refractivity (Wildman–Crippen MR) is 102 cm³/mol. The number of carbonyl (C=O) groups is 3.